The van der Waals surface area contributed by atoms with Crippen molar-refractivity contribution in [3.05, 3.63) is 97.1 Å². The molecule has 4 heteroatoms. The van der Waals surface area contributed by atoms with Crippen molar-refractivity contribution >= 4 is 11.4 Å². The van der Waals surface area contributed by atoms with Crippen LogP contribution in [0.3, 0.4) is 0 Å². The van der Waals surface area contributed by atoms with Gasteiger partial charge in [0.25, 0.3) is 0 Å². The van der Waals surface area contributed by atoms with Crippen molar-refractivity contribution in [2.24, 2.45) is 0 Å². The van der Waals surface area contributed by atoms with Gasteiger partial charge in [0.05, 0.1) is 0 Å². The van der Waals surface area contributed by atoms with E-state index in [1.165, 1.54) is 0 Å². The SMILES string of the molecule is CC(C)(Oc1cccc(N)c1-c1ccccc1)Oc1cccc(N)c1-c1ccccc1. The predicted octanol–water partition coefficient (Wildman–Crippen LogP) is 6.38. The summed E-state index contributed by atoms with van der Waals surface area (Å²) < 4.78 is 12.7. The minimum absolute atomic E-state index is 0.647. The van der Waals surface area contributed by atoms with Gasteiger partial charge in [-0.1, -0.05) is 72.8 Å². The number of rotatable bonds is 6. The Hall–Kier alpha value is -3.92. The third-order valence-corrected chi connectivity index (χ3v) is 4.95. The van der Waals surface area contributed by atoms with Crippen molar-refractivity contribution in [2.75, 3.05) is 11.5 Å². The molecule has 4 N–H and O–H groups in total. The first-order valence-corrected chi connectivity index (χ1v) is 10.2. The largest absolute Gasteiger partial charge is 0.452 e. The zero-order valence-electron chi connectivity index (χ0n) is 17.7. The molecule has 4 aromatic rings. The first kappa shape index (κ1) is 20.4. The summed E-state index contributed by atoms with van der Waals surface area (Å²) in [5, 5.41) is 0. The van der Waals surface area contributed by atoms with Crippen LogP contribution in [0.1, 0.15) is 13.8 Å². The molecule has 156 valence electrons. The van der Waals surface area contributed by atoms with E-state index in [0.717, 1.165) is 22.3 Å². The van der Waals surface area contributed by atoms with Gasteiger partial charge in [-0.2, -0.15) is 0 Å². The fourth-order valence-electron chi connectivity index (χ4n) is 3.64. The van der Waals surface area contributed by atoms with E-state index in [1.54, 1.807) is 0 Å². The molecule has 0 aliphatic rings. The summed E-state index contributed by atoms with van der Waals surface area (Å²) in [6.45, 7) is 3.76. The summed E-state index contributed by atoms with van der Waals surface area (Å²) in [4.78, 5) is 0. The van der Waals surface area contributed by atoms with Crippen LogP contribution in [0.25, 0.3) is 22.3 Å². The normalized spacial score (nSPS) is 11.2. The van der Waals surface area contributed by atoms with E-state index in [1.807, 2.05) is 111 Å². The zero-order valence-corrected chi connectivity index (χ0v) is 17.7. The molecule has 0 unspecified atom stereocenters. The van der Waals surface area contributed by atoms with E-state index < -0.39 is 5.79 Å². The summed E-state index contributed by atoms with van der Waals surface area (Å²) in [5.41, 5.74) is 17.6. The molecule has 0 atom stereocenters. The van der Waals surface area contributed by atoms with E-state index in [9.17, 15) is 0 Å². The van der Waals surface area contributed by atoms with Gasteiger partial charge < -0.3 is 20.9 Å². The molecule has 4 aromatic carbocycles. The number of hydrogen-bond donors (Lipinski definition) is 2. The number of hydrogen-bond acceptors (Lipinski definition) is 4. The molecule has 0 aliphatic heterocycles. The van der Waals surface area contributed by atoms with Gasteiger partial charge >= 0.3 is 0 Å². The summed E-state index contributed by atoms with van der Waals surface area (Å²) in [7, 11) is 0. The Labute approximate surface area is 183 Å². The monoisotopic (exact) mass is 410 g/mol. The van der Waals surface area contributed by atoms with Gasteiger partial charge in [-0.05, 0) is 35.4 Å². The van der Waals surface area contributed by atoms with Crippen LogP contribution < -0.4 is 20.9 Å². The van der Waals surface area contributed by atoms with Crippen LogP contribution in [0.5, 0.6) is 11.5 Å². The maximum Gasteiger partial charge on any atom is 0.245 e. The average molecular weight is 411 g/mol. The topological polar surface area (TPSA) is 70.5 Å². The van der Waals surface area contributed by atoms with Crippen LogP contribution in [0.2, 0.25) is 0 Å². The van der Waals surface area contributed by atoms with Crippen LogP contribution in [0.15, 0.2) is 97.1 Å². The van der Waals surface area contributed by atoms with Crippen molar-refractivity contribution in [1.29, 1.82) is 0 Å². The van der Waals surface area contributed by atoms with E-state index in [2.05, 4.69) is 0 Å². The van der Waals surface area contributed by atoms with E-state index in [0.29, 0.717) is 22.9 Å². The molecule has 0 amide bonds. The Morgan fingerprint density at radius 1 is 0.516 bits per heavy atom. The zero-order chi connectivity index (χ0) is 21.8. The minimum Gasteiger partial charge on any atom is -0.452 e. The molecule has 0 fully saturated rings. The van der Waals surface area contributed by atoms with Gasteiger partial charge in [-0.25, -0.2) is 0 Å². The standard InChI is InChI=1S/C27H26N2O2/c1-27(2,30-23-17-9-15-21(28)25(23)19-11-5-3-6-12-19)31-24-18-10-16-22(29)26(24)20-13-7-4-8-14-20/h3-18H,28-29H2,1-2H3. The van der Waals surface area contributed by atoms with Crippen LogP contribution >= 0.6 is 0 Å². The maximum atomic E-state index is 6.36. The number of ether oxygens (including phenoxy) is 2. The summed E-state index contributed by atoms with van der Waals surface area (Å²) in [5.74, 6) is 0.331. The highest BCUT2D eigenvalue weighted by Crippen LogP contribution is 2.40. The van der Waals surface area contributed by atoms with Crippen LogP contribution in [0.4, 0.5) is 11.4 Å². The van der Waals surface area contributed by atoms with Crippen LogP contribution in [-0.2, 0) is 0 Å². The Bertz CT molecular complexity index is 1080. The minimum atomic E-state index is -0.978. The third-order valence-electron chi connectivity index (χ3n) is 4.95. The molecular formula is C27H26N2O2. The molecular weight excluding hydrogens is 384 g/mol. The molecule has 0 aromatic heterocycles. The summed E-state index contributed by atoms with van der Waals surface area (Å²) in [6.07, 6.45) is 0. The van der Waals surface area contributed by atoms with Gasteiger partial charge in [0.1, 0.15) is 11.5 Å². The lowest BCUT2D eigenvalue weighted by atomic mass is 10.0. The van der Waals surface area contributed by atoms with Crippen molar-refractivity contribution in [3.8, 4) is 33.8 Å². The highest BCUT2D eigenvalue weighted by Gasteiger charge is 2.26. The molecule has 0 bridgehead atoms. The second-order valence-corrected chi connectivity index (χ2v) is 7.78. The molecule has 0 radical (unpaired) electrons. The van der Waals surface area contributed by atoms with E-state index in [4.69, 9.17) is 20.9 Å². The number of benzene rings is 4. The van der Waals surface area contributed by atoms with Gasteiger partial charge in [-0.15, -0.1) is 0 Å². The fraction of sp³-hybridized carbons (Fsp3) is 0.111. The predicted molar refractivity (Wildman–Crippen MR) is 128 cm³/mol. The number of anilines is 2. The van der Waals surface area contributed by atoms with Gasteiger partial charge in [0, 0.05) is 36.3 Å². The molecule has 0 saturated heterocycles. The first-order chi connectivity index (χ1) is 14.9. The number of nitrogen functional groups attached to an aromatic ring is 2. The lowest BCUT2D eigenvalue weighted by Crippen LogP contribution is -2.35. The fourth-order valence-corrected chi connectivity index (χ4v) is 3.64. The highest BCUT2D eigenvalue weighted by molar-refractivity contribution is 5.83. The first-order valence-electron chi connectivity index (χ1n) is 10.2. The maximum absolute atomic E-state index is 6.36. The van der Waals surface area contributed by atoms with Crippen LogP contribution in [0, 0.1) is 0 Å². The Morgan fingerprint density at radius 3 is 1.29 bits per heavy atom. The molecule has 4 nitrogen and oxygen atoms in total. The molecule has 4 rings (SSSR count). The molecule has 0 aliphatic carbocycles. The van der Waals surface area contributed by atoms with E-state index in [-0.39, 0.29) is 0 Å². The summed E-state index contributed by atoms with van der Waals surface area (Å²) in [6, 6.07) is 31.2. The second-order valence-electron chi connectivity index (χ2n) is 7.78. The van der Waals surface area contributed by atoms with Crippen molar-refractivity contribution in [2.45, 2.75) is 19.6 Å². The lowest BCUT2D eigenvalue weighted by Gasteiger charge is -2.30. The average Bonchev–Trinajstić information content (AvgIpc) is 2.75. The lowest BCUT2D eigenvalue weighted by molar-refractivity contribution is -0.0801. The molecule has 0 spiro atoms. The second kappa shape index (κ2) is 8.44. The third kappa shape index (κ3) is 4.48. The Kier molecular flexibility index (Phi) is 5.54. The van der Waals surface area contributed by atoms with Gasteiger partial charge in [0.2, 0.25) is 5.79 Å². The number of nitrogens with two attached hydrogens (primary N) is 2. The van der Waals surface area contributed by atoms with Crippen molar-refractivity contribution in [1.82, 2.24) is 0 Å². The smallest absolute Gasteiger partial charge is 0.245 e. The van der Waals surface area contributed by atoms with Crippen molar-refractivity contribution in [3.63, 3.8) is 0 Å². The summed E-state index contributed by atoms with van der Waals surface area (Å²) >= 11 is 0. The molecule has 0 saturated carbocycles. The van der Waals surface area contributed by atoms with Crippen molar-refractivity contribution < 1.29 is 9.47 Å². The highest BCUT2D eigenvalue weighted by atomic mass is 16.7. The Balaban J connectivity index is 1.69. The Morgan fingerprint density at radius 2 is 0.903 bits per heavy atom. The van der Waals surface area contributed by atoms with Gasteiger partial charge in [-0.3, -0.25) is 0 Å². The van der Waals surface area contributed by atoms with E-state index >= 15 is 0 Å². The van der Waals surface area contributed by atoms with Gasteiger partial charge in [0.15, 0.2) is 0 Å². The quantitative estimate of drug-likeness (QED) is 0.286. The van der Waals surface area contributed by atoms with Crippen LogP contribution in [-0.4, -0.2) is 5.79 Å². The molecule has 31 heavy (non-hydrogen) atoms. The molecule has 0 heterocycles.